The molecular weight excluding hydrogens is 188 g/mol. The largest absolute Gasteiger partial charge is 0.348 e. The van der Waals surface area contributed by atoms with Crippen LogP contribution in [0.1, 0.15) is 11.3 Å². The van der Waals surface area contributed by atoms with Gasteiger partial charge in [0.1, 0.15) is 0 Å². The molecule has 1 aliphatic rings. The number of ether oxygens (including phenoxy) is 2. The minimum absolute atomic E-state index is 0.349. The maximum Gasteiger partial charge on any atom is 0.326 e. The van der Waals surface area contributed by atoms with Gasteiger partial charge in [-0.15, -0.1) is 0 Å². The Morgan fingerprint density at radius 2 is 1.86 bits per heavy atom. The zero-order valence-corrected chi connectivity index (χ0v) is 7.84. The molecule has 0 radical (unpaired) electrons. The van der Waals surface area contributed by atoms with Crippen LogP contribution >= 0.6 is 0 Å². The molecule has 0 aliphatic heterocycles. The van der Waals surface area contributed by atoms with Crippen LogP contribution in [0.4, 0.5) is 0 Å². The molecule has 0 amide bonds. The second-order valence-corrected chi connectivity index (χ2v) is 3.10. The number of aromatic nitrogens is 2. The molecular formula is C8H10N2O4. The van der Waals surface area contributed by atoms with Crippen molar-refractivity contribution in [3.8, 4) is 0 Å². The van der Waals surface area contributed by atoms with Crippen molar-refractivity contribution in [3.05, 3.63) is 32.1 Å². The maximum atomic E-state index is 11.2. The third-order valence-electron chi connectivity index (χ3n) is 2.49. The molecule has 14 heavy (non-hydrogen) atoms. The molecule has 0 unspecified atom stereocenters. The van der Waals surface area contributed by atoms with Gasteiger partial charge in [0.2, 0.25) is 5.79 Å². The summed E-state index contributed by atoms with van der Waals surface area (Å²) >= 11 is 0. The number of H-pyrrole nitrogens is 2. The Labute approximate surface area is 78.9 Å². The van der Waals surface area contributed by atoms with Gasteiger partial charge in [-0.05, 0) is 0 Å². The van der Waals surface area contributed by atoms with E-state index in [2.05, 4.69) is 9.97 Å². The fourth-order valence-electron chi connectivity index (χ4n) is 1.65. The molecule has 0 aromatic carbocycles. The van der Waals surface area contributed by atoms with Gasteiger partial charge in [-0.3, -0.25) is 9.78 Å². The van der Waals surface area contributed by atoms with Gasteiger partial charge in [-0.2, -0.15) is 0 Å². The van der Waals surface area contributed by atoms with E-state index in [0.29, 0.717) is 17.7 Å². The summed E-state index contributed by atoms with van der Waals surface area (Å²) in [5.74, 6) is -0.956. The molecule has 76 valence electrons. The molecule has 6 heteroatoms. The predicted molar refractivity (Wildman–Crippen MR) is 47.1 cm³/mol. The second-order valence-electron chi connectivity index (χ2n) is 3.10. The van der Waals surface area contributed by atoms with E-state index in [4.69, 9.17) is 9.47 Å². The molecule has 1 aliphatic carbocycles. The molecule has 0 saturated carbocycles. The molecule has 1 aromatic heterocycles. The Bertz CT molecular complexity index is 469. The summed E-state index contributed by atoms with van der Waals surface area (Å²) < 4.78 is 10.2. The van der Waals surface area contributed by atoms with Gasteiger partial charge < -0.3 is 14.5 Å². The first kappa shape index (κ1) is 9.17. The molecule has 2 rings (SSSR count). The zero-order valence-electron chi connectivity index (χ0n) is 7.84. The van der Waals surface area contributed by atoms with Crippen LogP contribution in [-0.2, 0) is 21.7 Å². The summed E-state index contributed by atoms with van der Waals surface area (Å²) in [6.07, 6.45) is 0.349. The van der Waals surface area contributed by atoms with Gasteiger partial charge in [0.25, 0.3) is 5.56 Å². The summed E-state index contributed by atoms with van der Waals surface area (Å²) in [4.78, 5) is 26.9. The topological polar surface area (TPSA) is 84.2 Å². The van der Waals surface area contributed by atoms with Crippen molar-refractivity contribution < 1.29 is 9.47 Å². The normalized spacial score (nSPS) is 17.3. The molecule has 0 atom stereocenters. The number of nitrogens with one attached hydrogen (secondary N) is 2. The van der Waals surface area contributed by atoms with Crippen molar-refractivity contribution in [1.29, 1.82) is 0 Å². The van der Waals surface area contributed by atoms with E-state index in [0.717, 1.165) is 0 Å². The highest BCUT2D eigenvalue weighted by Gasteiger charge is 2.46. The summed E-state index contributed by atoms with van der Waals surface area (Å²) in [5.41, 5.74) is -0.00931. The molecule has 0 bridgehead atoms. The van der Waals surface area contributed by atoms with Crippen LogP contribution in [-0.4, -0.2) is 24.2 Å². The van der Waals surface area contributed by atoms with Crippen molar-refractivity contribution in [1.82, 2.24) is 9.97 Å². The molecule has 2 N–H and O–H groups in total. The molecule has 0 saturated heterocycles. The van der Waals surface area contributed by atoms with Crippen molar-refractivity contribution in [3.63, 3.8) is 0 Å². The summed E-state index contributed by atoms with van der Waals surface area (Å²) in [6.45, 7) is 0. The Morgan fingerprint density at radius 3 is 2.43 bits per heavy atom. The fraction of sp³-hybridized carbons (Fsp3) is 0.500. The van der Waals surface area contributed by atoms with E-state index < -0.39 is 11.5 Å². The fourth-order valence-corrected chi connectivity index (χ4v) is 1.65. The van der Waals surface area contributed by atoms with E-state index in [1.54, 1.807) is 0 Å². The zero-order chi connectivity index (χ0) is 10.3. The standard InChI is InChI=1S/C8H10N2O4/c1-13-8(14-2)3-4-5(8)9-7(12)10-6(4)11/h3H2,1-2H3,(H2,9,10,11,12). The Balaban J connectivity index is 2.62. The van der Waals surface area contributed by atoms with Gasteiger partial charge in [0.15, 0.2) is 0 Å². The van der Waals surface area contributed by atoms with E-state index >= 15 is 0 Å². The van der Waals surface area contributed by atoms with E-state index in [1.165, 1.54) is 14.2 Å². The van der Waals surface area contributed by atoms with Gasteiger partial charge in [-0.25, -0.2) is 4.79 Å². The smallest absolute Gasteiger partial charge is 0.326 e. The first-order valence-electron chi connectivity index (χ1n) is 4.09. The van der Waals surface area contributed by atoms with Crippen molar-refractivity contribution in [2.45, 2.75) is 12.2 Å². The number of hydrogen-bond acceptors (Lipinski definition) is 4. The number of fused-ring (bicyclic) bond motifs is 1. The number of aromatic amines is 2. The average molecular weight is 198 g/mol. The van der Waals surface area contributed by atoms with Crippen LogP contribution in [0.2, 0.25) is 0 Å². The quantitative estimate of drug-likeness (QED) is 0.601. The first-order valence-corrected chi connectivity index (χ1v) is 4.09. The highest BCUT2D eigenvalue weighted by molar-refractivity contribution is 5.33. The van der Waals surface area contributed by atoms with Gasteiger partial charge in [-0.1, -0.05) is 0 Å². The monoisotopic (exact) mass is 198 g/mol. The molecule has 6 nitrogen and oxygen atoms in total. The summed E-state index contributed by atoms with van der Waals surface area (Å²) in [5, 5.41) is 0. The van der Waals surface area contributed by atoms with Crippen molar-refractivity contribution >= 4 is 0 Å². The lowest BCUT2D eigenvalue weighted by Gasteiger charge is -2.39. The highest BCUT2D eigenvalue weighted by Crippen LogP contribution is 2.37. The minimum Gasteiger partial charge on any atom is -0.348 e. The number of rotatable bonds is 2. The lowest BCUT2D eigenvalue weighted by molar-refractivity contribution is -0.234. The average Bonchev–Trinajstić information content (AvgIpc) is 2.13. The SMILES string of the molecule is COC1(OC)Cc2c1[nH]c(=O)[nH]c2=O. The first-order chi connectivity index (χ1) is 6.63. The van der Waals surface area contributed by atoms with Crippen LogP contribution < -0.4 is 11.2 Å². The molecule has 0 fully saturated rings. The lowest BCUT2D eigenvalue weighted by atomic mass is 9.87. The van der Waals surface area contributed by atoms with Gasteiger partial charge in [0.05, 0.1) is 5.69 Å². The van der Waals surface area contributed by atoms with Crippen LogP contribution in [0.5, 0.6) is 0 Å². The predicted octanol–water partition coefficient (Wildman–Crippen LogP) is -0.935. The van der Waals surface area contributed by atoms with Crippen LogP contribution in [0, 0.1) is 0 Å². The minimum atomic E-state index is -0.956. The molecule has 1 aromatic rings. The third kappa shape index (κ3) is 0.978. The van der Waals surface area contributed by atoms with E-state index in [-0.39, 0.29) is 5.56 Å². The van der Waals surface area contributed by atoms with Gasteiger partial charge >= 0.3 is 5.69 Å². The Hall–Kier alpha value is -1.40. The molecule has 1 heterocycles. The van der Waals surface area contributed by atoms with E-state index in [9.17, 15) is 9.59 Å². The van der Waals surface area contributed by atoms with E-state index in [1.807, 2.05) is 0 Å². The second kappa shape index (κ2) is 2.79. The van der Waals surface area contributed by atoms with Crippen molar-refractivity contribution in [2.75, 3.05) is 14.2 Å². The van der Waals surface area contributed by atoms with Crippen LogP contribution in [0.15, 0.2) is 9.59 Å². The van der Waals surface area contributed by atoms with Crippen LogP contribution in [0.25, 0.3) is 0 Å². The Kier molecular flexibility index (Phi) is 1.83. The van der Waals surface area contributed by atoms with Crippen molar-refractivity contribution in [2.24, 2.45) is 0 Å². The third-order valence-corrected chi connectivity index (χ3v) is 2.49. The lowest BCUT2D eigenvalue weighted by Crippen LogP contribution is -2.50. The van der Waals surface area contributed by atoms with Gasteiger partial charge in [0, 0.05) is 26.2 Å². The number of methoxy groups -OCH3 is 2. The van der Waals surface area contributed by atoms with Crippen LogP contribution in [0.3, 0.4) is 0 Å². The molecule has 0 spiro atoms. The number of hydrogen-bond donors (Lipinski definition) is 2. The Morgan fingerprint density at radius 1 is 1.21 bits per heavy atom. The summed E-state index contributed by atoms with van der Waals surface area (Å²) in [6, 6.07) is 0. The maximum absolute atomic E-state index is 11.2. The summed E-state index contributed by atoms with van der Waals surface area (Å²) in [7, 11) is 2.93. The highest BCUT2D eigenvalue weighted by atomic mass is 16.7.